The maximum Gasteiger partial charge on any atom is 0.202 e. The first-order valence-electron chi connectivity index (χ1n) is 5.21. The normalized spacial score (nSPS) is 10.4. The SMILES string of the molecule is COc1cccc(CC(=O)c2ccc(Br)o2)c1F. The third-order valence-corrected chi connectivity index (χ3v) is 2.89. The van der Waals surface area contributed by atoms with Gasteiger partial charge in [0.15, 0.2) is 22.0 Å². The highest BCUT2D eigenvalue weighted by Gasteiger charge is 2.15. The molecule has 1 aromatic heterocycles. The minimum Gasteiger partial charge on any atom is -0.494 e. The summed E-state index contributed by atoms with van der Waals surface area (Å²) < 4.78 is 24.3. The molecule has 5 heteroatoms. The van der Waals surface area contributed by atoms with Gasteiger partial charge in [0.1, 0.15) is 0 Å². The molecule has 0 spiro atoms. The number of carbonyl (C=O) groups is 1. The lowest BCUT2D eigenvalue weighted by Gasteiger charge is -2.05. The molecule has 18 heavy (non-hydrogen) atoms. The zero-order valence-corrected chi connectivity index (χ0v) is 11.2. The van der Waals surface area contributed by atoms with Gasteiger partial charge in [0.05, 0.1) is 7.11 Å². The summed E-state index contributed by atoms with van der Waals surface area (Å²) in [6.07, 6.45) is -0.0665. The van der Waals surface area contributed by atoms with Gasteiger partial charge in [-0.15, -0.1) is 0 Å². The van der Waals surface area contributed by atoms with Crippen molar-refractivity contribution in [3.8, 4) is 5.75 Å². The molecule has 0 N–H and O–H groups in total. The monoisotopic (exact) mass is 312 g/mol. The highest BCUT2D eigenvalue weighted by Crippen LogP contribution is 2.22. The van der Waals surface area contributed by atoms with Gasteiger partial charge in [-0.25, -0.2) is 4.39 Å². The van der Waals surface area contributed by atoms with E-state index in [2.05, 4.69) is 15.9 Å². The number of furan rings is 1. The van der Waals surface area contributed by atoms with Gasteiger partial charge < -0.3 is 9.15 Å². The fourth-order valence-electron chi connectivity index (χ4n) is 1.57. The largest absolute Gasteiger partial charge is 0.494 e. The highest BCUT2D eigenvalue weighted by atomic mass is 79.9. The number of carbonyl (C=O) groups excluding carboxylic acids is 1. The van der Waals surface area contributed by atoms with Crippen molar-refractivity contribution < 1.29 is 18.3 Å². The van der Waals surface area contributed by atoms with Crippen molar-refractivity contribution in [1.82, 2.24) is 0 Å². The van der Waals surface area contributed by atoms with E-state index in [0.717, 1.165) is 0 Å². The first-order valence-corrected chi connectivity index (χ1v) is 6.01. The molecule has 2 aromatic rings. The second-order valence-electron chi connectivity index (χ2n) is 3.64. The van der Waals surface area contributed by atoms with Crippen LogP contribution in [0.5, 0.6) is 5.75 Å². The molecule has 0 aliphatic heterocycles. The van der Waals surface area contributed by atoms with Crippen LogP contribution in [0.4, 0.5) is 4.39 Å². The van der Waals surface area contributed by atoms with Gasteiger partial charge in [0.2, 0.25) is 5.78 Å². The predicted molar refractivity (Wildman–Crippen MR) is 67.4 cm³/mol. The van der Waals surface area contributed by atoms with Crippen molar-refractivity contribution in [3.05, 3.63) is 52.1 Å². The van der Waals surface area contributed by atoms with Gasteiger partial charge in [-0.05, 0) is 39.7 Å². The lowest BCUT2D eigenvalue weighted by Crippen LogP contribution is -2.05. The lowest BCUT2D eigenvalue weighted by molar-refractivity contribution is 0.0964. The lowest BCUT2D eigenvalue weighted by atomic mass is 10.1. The molecule has 94 valence electrons. The first-order chi connectivity index (χ1) is 8.61. The van der Waals surface area contributed by atoms with Crippen LogP contribution in [0, 0.1) is 5.82 Å². The molecule has 0 fully saturated rings. The van der Waals surface area contributed by atoms with Gasteiger partial charge in [-0.2, -0.15) is 0 Å². The molecule has 0 radical (unpaired) electrons. The van der Waals surface area contributed by atoms with E-state index in [-0.39, 0.29) is 29.3 Å². The molecule has 0 bridgehead atoms. The Labute approximate surface area is 112 Å². The molecule has 0 aliphatic rings. The van der Waals surface area contributed by atoms with Crippen LogP contribution in [0.15, 0.2) is 39.4 Å². The molecular formula is C13H10BrFO3. The van der Waals surface area contributed by atoms with E-state index in [1.54, 1.807) is 24.3 Å². The molecule has 1 aromatic carbocycles. The maximum absolute atomic E-state index is 13.8. The van der Waals surface area contributed by atoms with Gasteiger partial charge in [-0.1, -0.05) is 12.1 Å². The Morgan fingerprint density at radius 2 is 2.17 bits per heavy atom. The Hall–Kier alpha value is -1.62. The van der Waals surface area contributed by atoms with Crippen molar-refractivity contribution in [2.45, 2.75) is 6.42 Å². The Kier molecular flexibility index (Phi) is 3.81. The number of Topliss-reactive ketones (excluding diaryl/α,β-unsaturated/α-hetero) is 1. The fourth-order valence-corrected chi connectivity index (χ4v) is 1.88. The van der Waals surface area contributed by atoms with Crippen LogP contribution < -0.4 is 4.74 Å². The fraction of sp³-hybridized carbons (Fsp3) is 0.154. The number of benzene rings is 1. The zero-order valence-electron chi connectivity index (χ0n) is 9.57. The quantitative estimate of drug-likeness (QED) is 0.810. The number of ketones is 1. The highest BCUT2D eigenvalue weighted by molar-refractivity contribution is 9.10. The van der Waals surface area contributed by atoms with E-state index in [1.807, 2.05) is 0 Å². The molecule has 0 amide bonds. The number of methoxy groups -OCH3 is 1. The third-order valence-electron chi connectivity index (χ3n) is 2.46. The average molecular weight is 313 g/mol. The molecule has 0 unspecified atom stereocenters. The van der Waals surface area contributed by atoms with Gasteiger partial charge in [0.25, 0.3) is 0 Å². The third kappa shape index (κ3) is 2.61. The summed E-state index contributed by atoms with van der Waals surface area (Å²) >= 11 is 3.11. The van der Waals surface area contributed by atoms with Gasteiger partial charge in [-0.3, -0.25) is 4.79 Å². The first kappa shape index (κ1) is 12.8. The predicted octanol–water partition coefficient (Wildman–Crippen LogP) is 3.62. The minimum absolute atomic E-state index is 0.0665. The molecule has 2 rings (SSSR count). The molecule has 0 saturated heterocycles. The van der Waals surface area contributed by atoms with Crippen LogP contribution in [0.25, 0.3) is 0 Å². The van der Waals surface area contributed by atoms with Crippen LogP contribution in [0.1, 0.15) is 16.1 Å². The van der Waals surface area contributed by atoms with Crippen LogP contribution >= 0.6 is 15.9 Å². The van der Waals surface area contributed by atoms with Crippen LogP contribution in [-0.2, 0) is 6.42 Å². The van der Waals surface area contributed by atoms with Crippen molar-refractivity contribution in [2.75, 3.05) is 7.11 Å². The summed E-state index contributed by atoms with van der Waals surface area (Å²) in [4.78, 5) is 11.9. The topological polar surface area (TPSA) is 39.4 Å². The molecular weight excluding hydrogens is 303 g/mol. The van der Waals surface area contributed by atoms with Gasteiger partial charge in [0, 0.05) is 6.42 Å². The van der Waals surface area contributed by atoms with Crippen LogP contribution in [0.2, 0.25) is 0 Å². The van der Waals surface area contributed by atoms with Crippen molar-refractivity contribution in [1.29, 1.82) is 0 Å². The second-order valence-corrected chi connectivity index (χ2v) is 4.42. The van der Waals surface area contributed by atoms with Crippen LogP contribution in [0.3, 0.4) is 0 Å². The Morgan fingerprint density at radius 1 is 1.39 bits per heavy atom. The van der Waals surface area contributed by atoms with E-state index in [4.69, 9.17) is 9.15 Å². The number of hydrogen-bond acceptors (Lipinski definition) is 3. The number of hydrogen-bond donors (Lipinski definition) is 0. The number of rotatable bonds is 4. The Morgan fingerprint density at radius 3 is 2.78 bits per heavy atom. The zero-order chi connectivity index (χ0) is 13.1. The maximum atomic E-state index is 13.8. The summed E-state index contributed by atoms with van der Waals surface area (Å²) in [6.45, 7) is 0. The Bertz CT molecular complexity index is 577. The second kappa shape index (κ2) is 5.35. The van der Waals surface area contributed by atoms with Gasteiger partial charge >= 0.3 is 0 Å². The molecule has 0 atom stereocenters. The Balaban J connectivity index is 2.22. The molecule has 0 aliphatic carbocycles. The van der Waals surface area contributed by atoms with Crippen molar-refractivity contribution in [2.24, 2.45) is 0 Å². The summed E-state index contributed by atoms with van der Waals surface area (Å²) in [5, 5.41) is 0. The van der Waals surface area contributed by atoms with Crippen molar-refractivity contribution in [3.63, 3.8) is 0 Å². The molecule has 3 nitrogen and oxygen atoms in total. The summed E-state index contributed by atoms with van der Waals surface area (Å²) in [7, 11) is 1.38. The van der Waals surface area contributed by atoms with Crippen LogP contribution in [-0.4, -0.2) is 12.9 Å². The molecule has 1 heterocycles. The number of halogens is 2. The number of ether oxygens (including phenoxy) is 1. The standard InChI is InChI=1S/C13H10BrFO3/c1-17-11-4-2-3-8(13(11)15)7-9(16)10-5-6-12(14)18-10/h2-6H,7H2,1H3. The summed E-state index contributed by atoms with van der Waals surface area (Å²) in [5.74, 6) is -0.475. The van der Waals surface area contributed by atoms with E-state index in [0.29, 0.717) is 4.67 Å². The average Bonchev–Trinajstić information content (AvgIpc) is 2.78. The van der Waals surface area contributed by atoms with E-state index in [1.165, 1.54) is 13.2 Å². The summed E-state index contributed by atoms with van der Waals surface area (Å²) in [6, 6.07) is 7.86. The molecule has 0 saturated carbocycles. The van der Waals surface area contributed by atoms with Crippen molar-refractivity contribution >= 4 is 21.7 Å². The van der Waals surface area contributed by atoms with E-state index in [9.17, 15) is 9.18 Å². The summed E-state index contributed by atoms with van der Waals surface area (Å²) in [5.41, 5.74) is 0.284. The minimum atomic E-state index is -0.515. The van der Waals surface area contributed by atoms with E-state index >= 15 is 0 Å². The van der Waals surface area contributed by atoms with E-state index < -0.39 is 5.82 Å². The smallest absolute Gasteiger partial charge is 0.202 e.